The Kier molecular flexibility index (Phi) is 3.08. The minimum atomic E-state index is -3.91. The van der Waals surface area contributed by atoms with E-state index < -0.39 is 21.8 Å². The van der Waals surface area contributed by atoms with Gasteiger partial charge in [0.05, 0.1) is 0 Å². The second-order valence-corrected chi connectivity index (χ2v) is 4.14. The molecule has 2 N–H and O–H groups in total. The Bertz CT molecular complexity index is 412. The Hall–Kier alpha value is -1.56. The molecule has 0 spiro atoms. The van der Waals surface area contributed by atoms with E-state index in [-0.39, 0.29) is 5.75 Å². The highest BCUT2D eigenvalue weighted by Gasteiger charge is 2.15. The van der Waals surface area contributed by atoms with Crippen LogP contribution in [0.5, 0.6) is 5.75 Å². The molecule has 1 aromatic rings. The molecule has 1 aromatic carbocycles. The van der Waals surface area contributed by atoms with Gasteiger partial charge in [0.2, 0.25) is 5.91 Å². The fraction of sp³-hybridized carbons (Fsp3) is 0.125. The molecule has 76 valence electrons. The fourth-order valence-electron chi connectivity index (χ4n) is 0.826. The number of benzene rings is 1. The lowest BCUT2D eigenvalue weighted by Crippen LogP contribution is -2.26. The first kappa shape index (κ1) is 10.5. The normalized spacial score (nSPS) is 10.9. The van der Waals surface area contributed by atoms with Gasteiger partial charge in [-0.3, -0.25) is 4.79 Å². The third-order valence-corrected chi connectivity index (χ3v) is 2.37. The Labute approximate surface area is 81.6 Å². The lowest BCUT2D eigenvalue weighted by Gasteiger charge is -2.03. The number of primary amides is 1. The maximum Gasteiger partial charge on any atom is 0.318 e. The SMILES string of the molecule is NC(=O)CS(=O)(=O)Oc1ccccc1. The summed E-state index contributed by atoms with van der Waals surface area (Å²) < 4.78 is 26.8. The topological polar surface area (TPSA) is 86.5 Å². The Morgan fingerprint density at radius 2 is 1.86 bits per heavy atom. The lowest BCUT2D eigenvalue weighted by atomic mass is 10.3. The van der Waals surface area contributed by atoms with Gasteiger partial charge in [0.25, 0.3) is 0 Å². The van der Waals surface area contributed by atoms with E-state index in [0.29, 0.717) is 0 Å². The molecule has 0 aliphatic heterocycles. The number of carbonyl (C=O) groups excluding carboxylic acids is 1. The van der Waals surface area contributed by atoms with E-state index in [9.17, 15) is 13.2 Å². The average molecular weight is 215 g/mol. The second-order valence-electron chi connectivity index (χ2n) is 2.56. The molecule has 0 unspecified atom stereocenters. The molecule has 1 rings (SSSR count). The van der Waals surface area contributed by atoms with Crippen molar-refractivity contribution in [3.05, 3.63) is 30.3 Å². The number of rotatable bonds is 4. The average Bonchev–Trinajstić information content (AvgIpc) is 2.02. The molecule has 0 saturated carbocycles. The highest BCUT2D eigenvalue weighted by molar-refractivity contribution is 7.87. The van der Waals surface area contributed by atoms with Crippen LogP contribution < -0.4 is 9.92 Å². The molecule has 0 aliphatic rings. The van der Waals surface area contributed by atoms with E-state index in [0.717, 1.165) is 0 Å². The molecule has 0 aliphatic carbocycles. The standard InChI is InChI=1S/C8H9NO4S/c9-8(10)6-14(11,12)13-7-4-2-1-3-5-7/h1-5H,6H2,(H2,9,10). The monoisotopic (exact) mass is 215 g/mol. The summed E-state index contributed by atoms with van der Waals surface area (Å²) in [5.41, 5.74) is 4.73. The molecular formula is C8H9NO4S. The van der Waals surface area contributed by atoms with E-state index in [1.807, 2.05) is 0 Å². The molecular weight excluding hydrogens is 206 g/mol. The van der Waals surface area contributed by atoms with Crippen LogP contribution in [0.15, 0.2) is 30.3 Å². The first-order chi connectivity index (χ1) is 6.49. The van der Waals surface area contributed by atoms with Gasteiger partial charge in [-0.2, -0.15) is 8.42 Å². The zero-order valence-corrected chi connectivity index (χ0v) is 8.03. The second kappa shape index (κ2) is 4.10. The van der Waals surface area contributed by atoms with Gasteiger partial charge in [0.15, 0.2) is 5.75 Å². The van der Waals surface area contributed by atoms with Crippen LogP contribution in [0.2, 0.25) is 0 Å². The number of para-hydroxylation sites is 1. The predicted molar refractivity (Wildman–Crippen MR) is 50.1 cm³/mol. The number of carbonyl (C=O) groups is 1. The number of nitrogens with two attached hydrogens (primary N) is 1. The van der Waals surface area contributed by atoms with Crippen molar-refractivity contribution in [2.24, 2.45) is 5.73 Å². The molecule has 14 heavy (non-hydrogen) atoms. The van der Waals surface area contributed by atoms with Crippen molar-refractivity contribution in [2.45, 2.75) is 0 Å². The van der Waals surface area contributed by atoms with Crippen molar-refractivity contribution in [1.29, 1.82) is 0 Å². The van der Waals surface area contributed by atoms with Gasteiger partial charge in [-0.1, -0.05) is 18.2 Å². The third-order valence-electron chi connectivity index (χ3n) is 1.29. The number of amides is 1. The summed E-state index contributed by atoms with van der Waals surface area (Å²) in [6.07, 6.45) is 0. The first-order valence-corrected chi connectivity index (χ1v) is 5.33. The number of hydrogen-bond acceptors (Lipinski definition) is 4. The van der Waals surface area contributed by atoms with E-state index in [2.05, 4.69) is 4.18 Å². The maximum atomic E-state index is 11.1. The minimum absolute atomic E-state index is 0.161. The van der Waals surface area contributed by atoms with Crippen LogP contribution in [0, 0.1) is 0 Å². The van der Waals surface area contributed by atoms with Gasteiger partial charge in [-0.05, 0) is 12.1 Å². The van der Waals surface area contributed by atoms with Crippen LogP contribution >= 0.6 is 0 Å². The lowest BCUT2D eigenvalue weighted by molar-refractivity contribution is -0.115. The Morgan fingerprint density at radius 3 is 2.36 bits per heavy atom. The summed E-state index contributed by atoms with van der Waals surface area (Å²) in [5.74, 6) is -1.60. The van der Waals surface area contributed by atoms with Gasteiger partial charge in [0, 0.05) is 0 Å². The van der Waals surface area contributed by atoms with Gasteiger partial charge < -0.3 is 9.92 Å². The van der Waals surface area contributed by atoms with Crippen LogP contribution in [0.3, 0.4) is 0 Å². The molecule has 6 heteroatoms. The van der Waals surface area contributed by atoms with Crippen LogP contribution in [-0.2, 0) is 14.9 Å². The third kappa shape index (κ3) is 3.44. The Morgan fingerprint density at radius 1 is 1.29 bits per heavy atom. The molecule has 0 bridgehead atoms. The van der Waals surface area contributed by atoms with E-state index in [1.54, 1.807) is 18.2 Å². The van der Waals surface area contributed by atoms with Crippen LogP contribution in [0.25, 0.3) is 0 Å². The van der Waals surface area contributed by atoms with Gasteiger partial charge in [-0.25, -0.2) is 0 Å². The van der Waals surface area contributed by atoms with E-state index >= 15 is 0 Å². The highest BCUT2D eigenvalue weighted by atomic mass is 32.2. The summed E-state index contributed by atoms with van der Waals surface area (Å²) in [6, 6.07) is 7.90. The van der Waals surface area contributed by atoms with E-state index in [1.165, 1.54) is 12.1 Å². The molecule has 1 amide bonds. The van der Waals surface area contributed by atoms with Crippen molar-refractivity contribution >= 4 is 16.0 Å². The summed E-state index contributed by atoms with van der Waals surface area (Å²) in [7, 11) is -3.91. The van der Waals surface area contributed by atoms with Gasteiger partial charge >= 0.3 is 10.1 Å². The fourth-order valence-corrected chi connectivity index (χ4v) is 1.64. The highest BCUT2D eigenvalue weighted by Crippen LogP contribution is 2.11. The van der Waals surface area contributed by atoms with Crippen molar-refractivity contribution in [2.75, 3.05) is 5.75 Å². The van der Waals surface area contributed by atoms with Gasteiger partial charge in [0.1, 0.15) is 5.75 Å². The van der Waals surface area contributed by atoms with Crippen LogP contribution in [-0.4, -0.2) is 20.1 Å². The minimum Gasteiger partial charge on any atom is -0.382 e. The molecule has 0 fully saturated rings. The van der Waals surface area contributed by atoms with Crippen LogP contribution in [0.1, 0.15) is 0 Å². The van der Waals surface area contributed by atoms with E-state index in [4.69, 9.17) is 5.73 Å². The smallest absolute Gasteiger partial charge is 0.318 e. The van der Waals surface area contributed by atoms with Crippen molar-refractivity contribution in [3.8, 4) is 5.75 Å². The molecule has 0 radical (unpaired) electrons. The van der Waals surface area contributed by atoms with Crippen LogP contribution in [0.4, 0.5) is 0 Å². The Balaban J connectivity index is 2.74. The first-order valence-electron chi connectivity index (χ1n) is 3.75. The summed E-state index contributed by atoms with van der Waals surface area (Å²) >= 11 is 0. The molecule has 5 nitrogen and oxygen atoms in total. The maximum absolute atomic E-state index is 11.1. The molecule has 0 aromatic heterocycles. The van der Waals surface area contributed by atoms with Gasteiger partial charge in [-0.15, -0.1) is 0 Å². The zero-order valence-electron chi connectivity index (χ0n) is 7.21. The molecule has 0 saturated heterocycles. The largest absolute Gasteiger partial charge is 0.382 e. The van der Waals surface area contributed by atoms with Crippen molar-refractivity contribution in [1.82, 2.24) is 0 Å². The number of hydrogen-bond donors (Lipinski definition) is 1. The van der Waals surface area contributed by atoms with Crippen molar-refractivity contribution < 1.29 is 17.4 Å². The summed E-state index contributed by atoms with van der Waals surface area (Å²) in [5, 5.41) is 0. The van der Waals surface area contributed by atoms with Crippen molar-refractivity contribution in [3.63, 3.8) is 0 Å². The summed E-state index contributed by atoms with van der Waals surface area (Å²) in [4.78, 5) is 10.4. The molecule has 0 heterocycles. The molecule has 0 atom stereocenters. The quantitative estimate of drug-likeness (QED) is 0.709. The zero-order chi connectivity index (χ0) is 10.6. The predicted octanol–water partition coefficient (Wildman–Crippen LogP) is -0.120. The summed E-state index contributed by atoms with van der Waals surface area (Å²) in [6.45, 7) is 0.